The molecular formula is C21H27N5O. The van der Waals surface area contributed by atoms with E-state index >= 15 is 0 Å². The standard InChI is InChI=1S/C21H27N5O/c1-14(2)24-19-8-10-25(15(3)27)13-18(19)21(23)26-9-4-5-17-11-16(12-22)6-7-20(17)26/h6-7,11,14,23-24H,4-5,8-10,13H2,1-3H3. The van der Waals surface area contributed by atoms with E-state index in [9.17, 15) is 4.79 Å². The van der Waals surface area contributed by atoms with Gasteiger partial charge in [-0.2, -0.15) is 5.26 Å². The first-order valence-electron chi connectivity index (χ1n) is 9.54. The molecule has 2 aliphatic rings. The van der Waals surface area contributed by atoms with Crippen molar-refractivity contribution < 1.29 is 4.79 Å². The molecule has 2 heterocycles. The maximum Gasteiger partial charge on any atom is 0.219 e. The van der Waals surface area contributed by atoms with Crippen LogP contribution in [0.3, 0.4) is 0 Å². The molecule has 0 aromatic heterocycles. The monoisotopic (exact) mass is 365 g/mol. The molecule has 3 rings (SSSR count). The van der Waals surface area contributed by atoms with Gasteiger partial charge in [-0.1, -0.05) is 0 Å². The molecule has 0 aliphatic carbocycles. The molecule has 0 spiro atoms. The minimum Gasteiger partial charge on any atom is -0.386 e. The van der Waals surface area contributed by atoms with E-state index in [-0.39, 0.29) is 11.9 Å². The highest BCUT2D eigenvalue weighted by atomic mass is 16.2. The topological polar surface area (TPSA) is 83.2 Å². The van der Waals surface area contributed by atoms with E-state index in [1.165, 1.54) is 0 Å². The third kappa shape index (κ3) is 3.97. The van der Waals surface area contributed by atoms with E-state index in [0.29, 0.717) is 24.5 Å². The predicted molar refractivity (Wildman–Crippen MR) is 107 cm³/mol. The number of nitrogens with zero attached hydrogens (tertiary/aromatic N) is 3. The largest absolute Gasteiger partial charge is 0.386 e. The zero-order valence-electron chi connectivity index (χ0n) is 16.3. The highest BCUT2D eigenvalue weighted by Gasteiger charge is 2.29. The number of hydrogen-bond acceptors (Lipinski definition) is 4. The Bertz CT molecular complexity index is 833. The summed E-state index contributed by atoms with van der Waals surface area (Å²) in [5.74, 6) is 0.497. The number of amidine groups is 1. The highest BCUT2D eigenvalue weighted by Crippen LogP contribution is 2.30. The molecule has 6 nitrogen and oxygen atoms in total. The van der Waals surface area contributed by atoms with Crippen LogP contribution in [0.4, 0.5) is 5.69 Å². The molecule has 0 atom stereocenters. The average Bonchev–Trinajstić information content (AvgIpc) is 2.66. The van der Waals surface area contributed by atoms with Crippen molar-refractivity contribution in [2.45, 2.75) is 46.1 Å². The third-order valence-electron chi connectivity index (χ3n) is 5.14. The van der Waals surface area contributed by atoms with Gasteiger partial charge in [0.05, 0.1) is 18.2 Å². The molecule has 2 aliphatic heterocycles. The fourth-order valence-electron chi connectivity index (χ4n) is 3.82. The van der Waals surface area contributed by atoms with Gasteiger partial charge in [-0.3, -0.25) is 10.2 Å². The predicted octanol–water partition coefficient (Wildman–Crippen LogP) is 2.79. The molecule has 0 fully saturated rings. The van der Waals surface area contributed by atoms with Crippen LogP contribution in [-0.4, -0.2) is 42.3 Å². The first-order valence-corrected chi connectivity index (χ1v) is 9.54. The Hall–Kier alpha value is -2.81. The molecule has 6 heteroatoms. The Kier molecular flexibility index (Phi) is 5.50. The Morgan fingerprint density at radius 3 is 2.74 bits per heavy atom. The van der Waals surface area contributed by atoms with Crippen LogP contribution >= 0.6 is 0 Å². The van der Waals surface area contributed by atoms with E-state index in [2.05, 4.69) is 25.2 Å². The molecule has 0 unspecified atom stereocenters. The van der Waals surface area contributed by atoms with Crippen molar-refractivity contribution in [3.05, 3.63) is 40.6 Å². The smallest absolute Gasteiger partial charge is 0.219 e. The van der Waals surface area contributed by atoms with Crippen LogP contribution in [0.1, 0.15) is 44.7 Å². The number of benzene rings is 1. The van der Waals surface area contributed by atoms with Crippen LogP contribution in [0.5, 0.6) is 0 Å². The minimum absolute atomic E-state index is 0.0432. The summed E-state index contributed by atoms with van der Waals surface area (Å²) in [4.78, 5) is 15.7. The maximum atomic E-state index is 11.9. The van der Waals surface area contributed by atoms with E-state index < -0.39 is 0 Å². The van der Waals surface area contributed by atoms with E-state index in [1.54, 1.807) is 11.8 Å². The fourth-order valence-corrected chi connectivity index (χ4v) is 3.82. The van der Waals surface area contributed by atoms with Crippen molar-refractivity contribution in [3.63, 3.8) is 0 Å². The molecule has 0 radical (unpaired) electrons. The van der Waals surface area contributed by atoms with Gasteiger partial charge in [0.1, 0.15) is 5.84 Å². The number of nitriles is 1. The molecular weight excluding hydrogens is 338 g/mol. The van der Waals surface area contributed by atoms with Gasteiger partial charge < -0.3 is 15.1 Å². The van der Waals surface area contributed by atoms with Crippen LogP contribution in [0, 0.1) is 16.7 Å². The zero-order valence-corrected chi connectivity index (χ0v) is 16.3. The van der Waals surface area contributed by atoms with Gasteiger partial charge in [0.25, 0.3) is 0 Å². The molecule has 1 aromatic carbocycles. The van der Waals surface area contributed by atoms with Gasteiger partial charge in [0, 0.05) is 49.4 Å². The second kappa shape index (κ2) is 7.83. The summed E-state index contributed by atoms with van der Waals surface area (Å²) in [5, 5.41) is 21.6. The van der Waals surface area contributed by atoms with Crippen molar-refractivity contribution in [2.24, 2.45) is 0 Å². The van der Waals surface area contributed by atoms with Gasteiger partial charge in [0.2, 0.25) is 5.91 Å². The molecule has 27 heavy (non-hydrogen) atoms. The lowest BCUT2D eigenvalue weighted by atomic mass is 9.97. The second-order valence-corrected chi connectivity index (χ2v) is 7.51. The van der Waals surface area contributed by atoms with Crippen molar-refractivity contribution in [1.82, 2.24) is 10.2 Å². The molecule has 0 saturated heterocycles. The van der Waals surface area contributed by atoms with E-state index in [1.807, 2.05) is 23.1 Å². The number of aryl methyl sites for hydroxylation is 1. The van der Waals surface area contributed by atoms with Crippen LogP contribution < -0.4 is 10.2 Å². The van der Waals surface area contributed by atoms with Crippen molar-refractivity contribution in [2.75, 3.05) is 24.5 Å². The van der Waals surface area contributed by atoms with Gasteiger partial charge in [-0.15, -0.1) is 0 Å². The molecule has 0 bridgehead atoms. The maximum absolute atomic E-state index is 11.9. The Morgan fingerprint density at radius 1 is 1.30 bits per heavy atom. The summed E-state index contributed by atoms with van der Waals surface area (Å²) < 4.78 is 0. The number of carbonyl (C=O) groups is 1. The lowest BCUT2D eigenvalue weighted by molar-refractivity contribution is -0.128. The van der Waals surface area contributed by atoms with Crippen molar-refractivity contribution >= 4 is 17.4 Å². The van der Waals surface area contributed by atoms with E-state index in [4.69, 9.17) is 10.7 Å². The summed E-state index contributed by atoms with van der Waals surface area (Å²) >= 11 is 0. The number of nitrogens with one attached hydrogen (secondary N) is 2. The second-order valence-electron chi connectivity index (χ2n) is 7.51. The van der Waals surface area contributed by atoms with E-state index in [0.717, 1.165) is 48.3 Å². The normalized spacial score (nSPS) is 16.9. The average molecular weight is 365 g/mol. The Balaban J connectivity index is 1.96. The zero-order chi connectivity index (χ0) is 19.6. The number of fused-ring (bicyclic) bond motifs is 1. The molecule has 1 aromatic rings. The van der Waals surface area contributed by atoms with Crippen molar-refractivity contribution in [1.29, 1.82) is 10.7 Å². The molecule has 0 saturated carbocycles. The summed E-state index contributed by atoms with van der Waals surface area (Å²) in [6, 6.07) is 8.16. The summed E-state index contributed by atoms with van der Waals surface area (Å²) in [7, 11) is 0. The SMILES string of the molecule is CC(=O)N1CCC(NC(C)C)=C(C(=N)N2CCCc3cc(C#N)ccc32)C1. The Morgan fingerprint density at radius 2 is 2.07 bits per heavy atom. The van der Waals surface area contributed by atoms with Gasteiger partial charge >= 0.3 is 0 Å². The third-order valence-corrected chi connectivity index (χ3v) is 5.14. The Labute approximate surface area is 161 Å². The summed E-state index contributed by atoms with van der Waals surface area (Å²) in [6.45, 7) is 7.68. The number of rotatable bonds is 3. The van der Waals surface area contributed by atoms with Gasteiger partial charge in [-0.05, 0) is 50.5 Å². The van der Waals surface area contributed by atoms with Crippen molar-refractivity contribution in [3.8, 4) is 6.07 Å². The summed E-state index contributed by atoms with van der Waals surface area (Å²) in [6.07, 6.45) is 2.61. The van der Waals surface area contributed by atoms with Crippen LogP contribution in [0.25, 0.3) is 0 Å². The molecule has 1 amide bonds. The lowest BCUT2D eigenvalue weighted by Gasteiger charge is -2.37. The molecule has 142 valence electrons. The van der Waals surface area contributed by atoms with Crippen LogP contribution in [-0.2, 0) is 11.2 Å². The number of anilines is 1. The highest BCUT2D eigenvalue weighted by molar-refractivity contribution is 6.09. The van der Waals surface area contributed by atoms with Crippen LogP contribution in [0.15, 0.2) is 29.5 Å². The first-order chi connectivity index (χ1) is 12.9. The number of amides is 1. The summed E-state index contributed by atoms with van der Waals surface area (Å²) in [5.41, 5.74) is 4.73. The number of carbonyl (C=O) groups excluding carboxylic acids is 1. The number of hydrogen-bond donors (Lipinski definition) is 2. The van der Waals surface area contributed by atoms with Crippen LogP contribution in [0.2, 0.25) is 0 Å². The quantitative estimate of drug-likeness (QED) is 0.637. The minimum atomic E-state index is 0.0432. The molecule has 2 N–H and O–H groups in total. The van der Waals surface area contributed by atoms with Gasteiger partial charge in [-0.25, -0.2) is 0 Å². The fraction of sp³-hybridized carbons (Fsp3) is 0.476. The van der Waals surface area contributed by atoms with Gasteiger partial charge in [0.15, 0.2) is 0 Å². The first kappa shape index (κ1) is 19.0. The lowest BCUT2D eigenvalue weighted by Crippen LogP contribution is -2.45.